The van der Waals surface area contributed by atoms with Gasteiger partial charge in [-0.3, -0.25) is 0 Å². The van der Waals surface area contributed by atoms with E-state index < -0.39 is 11.7 Å². The average molecular weight is 293 g/mol. The number of aromatic nitrogens is 1. The molecule has 4 rings (SSSR count). The summed E-state index contributed by atoms with van der Waals surface area (Å²) >= 11 is 0. The Kier molecular flexibility index (Phi) is 3.00. The van der Waals surface area contributed by atoms with Gasteiger partial charge in [0.05, 0.1) is 12.2 Å². The topological polar surface area (TPSA) is 8.17 Å². The summed E-state index contributed by atoms with van der Waals surface area (Å²) in [7, 11) is 1.74. The molecule has 0 atom stereocenters. The van der Waals surface area contributed by atoms with Crippen molar-refractivity contribution in [3.63, 3.8) is 0 Å². The van der Waals surface area contributed by atoms with E-state index in [0.717, 1.165) is 17.0 Å². The summed E-state index contributed by atoms with van der Waals surface area (Å²) in [6, 6.07) is 13.8. The summed E-state index contributed by atoms with van der Waals surface area (Å²) in [5, 5.41) is 0. The van der Waals surface area contributed by atoms with Crippen molar-refractivity contribution in [2.45, 2.75) is 0 Å². The third-order valence-corrected chi connectivity index (χ3v) is 3.85. The first-order chi connectivity index (χ1) is 10.7. The summed E-state index contributed by atoms with van der Waals surface area (Å²) in [5.74, 6) is -1.47. The van der Waals surface area contributed by atoms with E-state index in [9.17, 15) is 8.78 Å². The Morgan fingerprint density at radius 1 is 1.00 bits per heavy atom. The highest BCUT2D eigenvalue weighted by Crippen LogP contribution is 2.34. The zero-order chi connectivity index (χ0) is 15.1. The van der Waals surface area contributed by atoms with Gasteiger partial charge in [0, 0.05) is 11.4 Å². The van der Waals surface area contributed by atoms with Gasteiger partial charge in [0.25, 0.3) is 0 Å². The van der Waals surface area contributed by atoms with Gasteiger partial charge in [-0.1, -0.05) is 36.4 Å². The number of fused-ring (bicyclic) bond motifs is 2. The normalized spacial score (nSPS) is 16.6. The highest BCUT2D eigenvalue weighted by Gasteiger charge is 2.32. The molecule has 0 fully saturated rings. The van der Waals surface area contributed by atoms with Crippen LogP contribution < -0.4 is 0 Å². The molecule has 2 nitrogen and oxygen atoms in total. The molecule has 0 saturated heterocycles. The summed E-state index contributed by atoms with van der Waals surface area (Å²) in [4.78, 5) is 1.58. The van der Waals surface area contributed by atoms with Gasteiger partial charge in [-0.25, -0.2) is 8.78 Å². The van der Waals surface area contributed by atoms with E-state index in [-0.39, 0.29) is 6.54 Å². The number of hydrogen-bond donors (Lipinski definition) is 0. The summed E-state index contributed by atoms with van der Waals surface area (Å²) in [5.41, 5.74) is 3.19. The van der Waals surface area contributed by atoms with E-state index in [1.807, 2.05) is 59.1 Å². The molecule has 2 aromatic rings. The lowest BCUT2D eigenvalue weighted by molar-refractivity contribution is 0.533. The molecule has 1 aromatic carbocycles. The maximum atomic E-state index is 13.7. The molecule has 0 N–H and O–H groups in total. The molecule has 22 heavy (non-hydrogen) atoms. The van der Waals surface area contributed by atoms with Crippen LogP contribution in [0.2, 0.25) is 0 Å². The molecule has 0 aliphatic carbocycles. The lowest BCUT2D eigenvalue weighted by Gasteiger charge is -2.25. The van der Waals surface area contributed by atoms with E-state index in [1.165, 1.54) is 0 Å². The molecular formula is C17H12BF2N2. The third kappa shape index (κ3) is 2.10. The van der Waals surface area contributed by atoms with Crippen LogP contribution in [0.4, 0.5) is 8.78 Å². The van der Waals surface area contributed by atoms with E-state index >= 15 is 0 Å². The van der Waals surface area contributed by atoms with Crippen LogP contribution in [0, 0.1) is 0 Å². The molecule has 0 bridgehead atoms. The van der Waals surface area contributed by atoms with Crippen LogP contribution in [0.15, 0.2) is 59.8 Å². The standard InChI is InChI=1S/C17H12BF2N2/c19-15-11-21-16(17(15)20)10-14-9-8-13(22(14)18-21)7-6-12-4-2-1-3-5-12/h1-10H,11H2. The minimum atomic E-state index is -0.759. The van der Waals surface area contributed by atoms with Crippen molar-refractivity contribution in [1.29, 1.82) is 0 Å². The second kappa shape index (κ2) is 5.02. The van der Waals surface area contributed by atoms with Crippen LogP contribution >= 0.6 is 0 Å². The first-order valence-electron chi connectivity index (χ1n) is 7.04. The summed E-state index contributed by atoms with van der Waals surface area (Å²) in [6.45, 7) is -0.0445. The molecule has 5 heteroatoms. The molecule has 1 aromatic heterocycles. The Morgan fingerprint density at radius 2 is 1.82 bits per heavy atom. The van der Waals surface area contributed by atoms with Crippen molar-refractivity contribution < 1.29 is 8.78 Å². The number of halogens is 2. The highest BCUT2D eigenvalue weighted by molar-refractivity contribution is 6.33. The number of allylic oxidation sites excluding steroid dienone is 1. The van der Waals surface area contributed by atoms with Crippen molar-refractivity contribution in [2.75, 3.05) is 6.54 Å². The van der Waals surface area contributed by atoms with Crippen molar-refractivity contribution in [2.24, 2.45) is 0 Å². The predicted octanol–water partition coefficient (Wildman–Crippen LogP) is 3.86. The van der Waals surface area contributed by atoms with E-state index in [2.05, 4.69) is 0 Å². The molecule has 0 unspecified atom stereocenters. The van der Waals surface area contributed by atoms with Crippen LogP contribution in [0.5, 0.6) is 0 Å². The number of hydrogen-bond acceptors (Lipinski definition) is 1. The van der Waals surface area contributed by atoms with Gasteiger partial charge in [0.2, 0.25) is 0 Å². The van der Waals surface area contributed by atoms with Gasteiger partial charge < -0.3 is 9.29 Å². The molecule has 2 aliphatic heterocycles. The molecule has 3 heterocycles. The first kappa shape index (κ1) is 13.1. The van der Waals surface area contributed by atoms with Crippen molar-refractivity contribution in [3.8, 4) is 0 Å². The monoisotopic (exact) mass is 293 g/mol. The van der Waals surface area contributed by atoms with Gasteiger partial charge >= 0.3 is 7.55 Å². The molecule has 2 aliphatic rings. The molecule has 107 valence electrons. The SMILES string of the molecule is FC1=C(F)C2=Cc3ccc(C=Cc4ccccc4)n3[B]N2C1. The van der Waals surface area contributed by atoms with E-state index in [4.69, 9.17) is 0 Å². The van der Waals surface area contributed by atoms with Crippen molar-refractivity contribution in [1.82, 2.24) is 9.29 Å². The number of rotatable bonds is 2. The van der Waals surface area contributed by atoms with E-state index in [1.54, 1.807) is 18.4 Å². The van der Waals surface area contributed by atoms with Crippen LogP contribution in [-0.2, 0) is 0 Å². The maximum absolute atomic E-state index is 13.7. The zero-order valence-corrected chi connectivity index (χ0v) is 11.7. The Hall–Kier alpha value is -2.56. The van der Waals surface area contributed by atoms with Crippen LogP contribution in [0.3, 0.4) is 0 Å². The Balaban J connectivity index is 1.66. The quantitative estimate of drug-likeness (QED) is 0.763. The highest BCUT2D eigenvalue weighted by atomic mass is 19.2. The van der Waals surface area contributed by atoms with Gasteiger partial charge in [-0.05, 0) is 29.8 Å². The lowest BCUT2D eigenvalue weighted by atomic mass is 10.0. The second-order valence-corrected chi connectivity index (χ2v) is 5.29. The van der Waals surface area contributed by atoms with Gasteiger partial charge in [-0.15, -0.1) is 0 Å². The van der Waals surface area contributed by atoms with Crippen LogP contribution in [-0.4, -0.2) is 23.4 Å². The fraction of sp³-hybridized carbons (Fsp3) is 0.0588. The molecular weight excluding hydrogens is 281 g/mol. The van der Waals surface area contributed by atoms with Crippen LogP contribution in [0.25, 0.3) is 18.2 Å². The molecule has 1 radical (unpaired) electrons. The third-order valence-electron chi connectivity index (χ3n) is 3.85. The first-order valence-corrected chi connectivity index (χ1v) is 7.04. The van der Waals surface area contributed by atoms with E-state index in [0.29, 0.717) is 5.70 Å². The second-order valence-electron chi connectivity index (χ2n) is 5.29. The maximum Gasteiger partial charge on any atom is 0.396 e. The number of nitrogens with zero attached hydrogens (tertiary/aromatic N) is 2. The minimum absolute atomic E-state index is 0.0445. The predicted molar refractivity (Wildman–Crippen MR) is 84.9 cm³/mol. The van der Waals surface area contributed by atoms with Crippen molar-refractivity contribution >= 4 is 25.8 Å². The smallest absolute Gasteiger partial charge is 0.390 e. The van der Waals surface area contributed by atoms with Crippen molar-refractivity contribution in [3.05, 3.63) is 76.8 Å². The summed E-state index contributed by atoms with van der Waals surface area (Å²) in [6.07, 6.45) is 5.67. The van der Waals surface area contributed by atoms with Gasteiger partial charge in [-0.2, -0.15) is 0 Å². The summed E-state index contributed by atoms with van der Waals surface area (Å²) < 4.78 is 29.0. The minimum Gasteiger partial charge on any atom is -0.390 e. The van der Waals surface area contributed by atoms with Gasteiger partial charge in [0.15, 0.2) is 11.7 Å². The zero-order valence-electron chi connectivity index (χ0n) is 11.7. The lowest BCUT2D eigenvalue weighted by Crippen LogP contribution is -2.34. The average Bonchev–Trinajstić information content (AvgIpc) is 3.06. The van der Waals surface area contributed by atoms with Gasteiger partial charge in [0.1, 0.15) is 0 Å². The molecule has 0 amide bonds. The molecule has 0 spiro atoms. The Morgan fingerprint density at radius 3 is 2.64 bits per heavy atom. The van der Waals surface area contributed by atoms with Crippen LogP contribution in [0.1, 0.15) is 17.0 Å². The Bertz CT molecular complexity index is 818. The fourth-order valence-corrected chi connectivity index (χ4v) is 2.71. The number of benzene rings is 1. The largest absolute Gasteiger partial charge is 0.396 e. The fourth-order valence-electron chi connectivity index (χ4n) is 2.71. The Labute approximate surface area is 128 Å². The molecule has 0 saturated carbocycles.